The van der Waals surface area contributed by atoms with E-state index in [1.165, 1.54) is 0 Å². The predicted molar refractivity (Wildman–Crippen MR) is 81.1 cm³/mol. The second-order valence-electron chi connectivity index (χ2n) is 8.26. The van der Waals surface area contributed by atoms with E-state index >= 15 is 0 Å². The molecule has 4 aliphatic heterocycles. The van der Waals surface area contributed by atoms with Crippen molar-refractivity contribution >= 4 is 23.7 Å². The molecule has 0 aromatic carbocycles. The second-order valence-corrected chi connectivity index (χ2v) is 9.62. The highest BCUT2D eigenvalue weighted by atomic mass is 32.2. The molecule has 1 saturated carbocycles. The van der Waals surface area contributed by atoms with E-state index in [-0.39, 0.29) is 35.5 Å². The van der Waals surface area contributed by atoms with Gasteiger partial charge in [-0.25, -0.2) is 0 Å². The maximum absolute atomic E-state index is 12.2. The molecule has 0 aromatic heterocycles. The summed E-state index contributed by atoms with van der Waals surface area (Å²) >= 11 is 1.98. The van der Waals surface area contributed by atoms with Crippen molar-refractivity contribution in [2.24, 2.45) is 29.1 Å². The normalized spacial score (nSPS) is 58.1. The molecule has 4 bridgehead atoms. The third-order valence-electron chi connectivity index (χ3n) is 7.01. The van der Waals surface area contributed by atoms with E-state index in [1.54, 1.807) is 0 Å². The fourth-order valence-electron chi connectivity index (χ4n) is 5.70. The number of carbonyl (C=O) groups is 2. The summed E-state index contributed by atoms with van der Waals surface area (Å²) < 4.78 is 11.3. The lowest BCUT2D eigenvalue weighted by molar-refractivity contribution is -0.148. The molecule has 5 rings (SSSR count). The Labute approximate surface area is 134 Å². The monoisotopic (exact) mass is 322 g/mol. The molecule has 0 spiro atoms. The molecule has 5 fully saturated rings. The standard InChI is InChI=1S/C17H22O4S/c1-7-12-14-11(15(18)21-12)9(13(7)22-14)5-8-3-4-17(2)6-10(8)20-16(17)19/h7-14H,3-6H2,1-2H3/t7-,8?,9+,10?,11?,12?,13?,14?,17+/m0/s1. The number of hydrogen-bond acceptors (Lipinski definition) is 5. The quantitative estimate of drug-likeness (QED) is 0.731. The number of thioether (sulfide) groups is 1. The average molecular weight is 322 g/mol. The molecule has 0 radical (unpaired) electrons. The van der Waals surface area contributed by atoms with Crippen LogP contribution < -0.4 is 0 Å². The molecule has 5 heteroatoms. The van der Waals surface area contributed by atoms with E-state index in [4.69, 9.17) is 9.47 Å². The van der Waals surface area contributed by atoms with E-state index in [2.05, 4.69) is 6.92 Å². The molecule has 1 aliphatic carbocycles. The molecular weight excluding hydrogens is 300 g/mol. The Morgan fingerprint density at radius 2 is 2.09 bits per heavy atom. The molecule has 6 unspecified atom stereocenters. The molecule has 120 valence electrons. The van der Waals surface area contributed by atoms with Crippen LogP contribution in [0.3, 0.4) is 0 Å². The van der Waals surface area contributed by atoms with Crippen LogP contribution in [-0.2, 0) is 19.1 Å². The number of ether oxygens (including phenoxy) is 2. The highest BCUT2D eigenvalue weighted by Gasteiger charge is 2.66. The van der Waals surface area contributed by atoms with Crippen LogP contribution in [0.15, 0.2) is 0 Å². The van der Waals surface area contributed by atoms with Crippen molar-refractivity contribution in [2.45, 2.75) is 62.2 Å². The first-order chi connectivity index (χ1) is 10.5. The van der Waals surface area contributed by atoms with Crippen molar-refractivity contribution in [3.05, 3.63) is 0 Å². The van der Waals surface area contributed by atoms with Crippen LogP contribution in [0.25, 0.3) is 0 Å². The Hall–Kier alpha value is -0.710. The molecule has 0 N–H and O–H groups in total. The average Bonchev–Trinajstić information content (AvgIpc) is 3.12. The van der Waals surface area contributed by atoms with Gasteiger partial charge in [-0.15, -0.1) is 11.8 Å². The lowest BCUT2D eigenvalue weighted by Crippen LogP contribution is -2.40. The Morgan fingerprint density at radius 1 is 1.27 bits per heavy atom. The minimum Gasteiger partial charge on any atom is -0.462 e. The summed E-state index contributed by atoms with van der Waals surface area (Å²) in [5, 5.41) is 0.939. The van der Waals surface area contributed by atoms with Gasteiger partial charge in [0.15, 0.2) is 0 Å². The zero-order chi connectivity index (χ0) is 15.2. The molecular formula is C17H22O4S. The van der Waals surface area contributed by atoms with Crippen molar-refractivity contribution in [1.82, 2.24) is 0 Å². The van der Waals surface area contributed by atoms with E-state index < -0.39 is 0 Å². The Kier molecular flexibility index (Phi) is 2.63. The first-order valence-corrected chi connectivity index (χ1v) is 9.49. The van der Waals surface area contributed by atoms with Gasteiger partial charge in [-0.3, -0.25) is 9.59 Å². The summed E-state index contributed by atoms with van der Waals surface area (Å²) in [7, 11) is 0. The van der Waals surface area contributed by atoms with Gasteiger partial charge in [0, 0.05) is 17.6 Å². The third kappa shape index (κ3) is 1.56. The molecule has 0 aromatic rings. The maximum Gasteiger partial charge on any atom is 0.312 e. The summed E-state index contributed by atoms with van der Waals surface area (Å²) in [4.78, 5) is 24.3. The van der Waals surface area contributed by atoms with E-state index in [0.29, 0.717) is 28.3 Å². The molecule has 9 atom stereocenters. The van der Waals surface area contributed by atoms with Gasteiger partial charge in [-0.1, -0.05) is 6.92 Å². The smallest absolute Gasteiger partial charge is 0.312 e. The highest BCUT2D eigenvalue weighted by Crippen LogP contribution is 2.62. The number of esters is 2. The first-order valence-electron chi connectivity index (χ1n) is 8.55. The highest BCUT2D eigenvalue weighted by molar-refractivity contribution is 8.01. The van der Waals surface area contributed by atoms with Gasteiger partial charge < -0.3 is 9.47 Å². The summed E-state index contributed by atoms with van der Waals surface area (Å²) in [5.74, 6) is 1.46. The number of carbonyl (C=O) groups excluding carboxylic acids is 2. The van der Waals surface area contributed by atoms with Gasteiger partial charge in [0.05, 0.1) is 16.6 Å². The fourth-order valence-corrected chi connectivity index (χ4v) is 7.89. The van der Waals surface area contributed by atoms with E-state index in [1.807, 2.05) is 18.7 Å². The van der Waals surface area contributed by atoms with Crippen LogP contribution in [0.2, 0.25) is 0 Å². The SMILES string of the molecule is C[C@H]1C2OC(=O)C3C2SC1[C@@H]3CC1CC[C@]2(C)CC1OC2=O. The number of fused-ring (bicyclic) bond motifs is 3. The van der Waals surface area contributed by atoms with Crippen LogP contribution in [0.5, 0.6) is 0 Å². The van der Waals surface area contributed by atoms with Crippen LogP contribution in [0.4, 0.5) is 0 Å². The Balaban J connectivity index is 1.37. The van der Waals surface area contributed by atoms with Crippen molar-refractivity contribution < 1.29 is 19.1 Å². The first kappa shape index (κ1) is 13.7. The fraction of sp³-hybridized carbons (Fsp3) is 0.882. The second kappa shape index (κ2) is 4.22. The summed E-state index contributed by atoms with van der Waals surface area (Å²) in [6, 6.07) is 0. The van der Waals surface area contributed by atoms with Crippen LogP contribution in [0, 0.1) is 29.1 Å². The van der Waals surface area contributed by atoms with Crippen molar-refractivity contribution in [1.29, 1.82) is 0 Å². The third-order valence-corrected chi connectivity index (χ3v) is 8.98. The topological polar surface area (TPSA) is 52.6 Å². The summed E-state index contributed by atoms with van der Waals surface area (Å²) in [6.07, 6.45) is 4.14. The van der Waals surface area contributed by atoms with Gasteiger partial charge >= 0.3 is 11.9 Å². The zero-order valence-electron chi connectivity index (χ0n) is 13.0. The molecule has 4 saturated heterocycles. The number of hydrogen-bond donors (Lipinski definition) is 0. The molecule has 4 heterocycles. The van der Waals surface area contributed by atoms with Crippen molar-refractivity contribution in [2.75, 3.05) is 0 Å². The van der Waals surface area contributed by atoms with Gasteiger partial charge in [-0.05, 0) is 38.0 Å². The zero-order valence-corrected chi connectivity index (χ0v) is 13.8. The number of rotatable bonds is 2. The minimum absolute atomic E-state index is 0.00368. The van der Waals surface area contributed by atoms with Crippen LogP contribution in [-0.4, -0.2) is 34.6 Å². The van der Waals surface area contributed by atoms with E-state index in [9.17, 15) is 9.59 Å². The maximum atomic E-state index is 12.2. The lowest BCUT2D eigenvalue weighted by atomic mass is 9.66. The van der Waals surface area contributed by atoms with E-state index in [0.717, 1.165) is 25.7 Å². The van der Waals surface area contributed by atoms with Crippen molar-refractivity contribution in [3.63, 3.8) is 0 Å². The predicted octanol–water partition coefficient (Wildman–Crippen LogP) is 2.40. The van der Waals surface area contributed by atoms with Gasteiger partial charge in [0.25, 0.3) is 0 Å². The molecule has 4 nitrogen and oxygen atoms in total. The van der Waals surface area contributed by atoms with Crippen LogP contribution >= 0.6 is 11.8 Å². The van der Waals surface area contributed by atoms with Crippen LogP contribution in [0.1, 0.15) is 39.5 Å². The van der Waals surface area contributed by atoms with Gasteiger partial charge in [0.2, 0.25) is 0 Å². The van der Waals surface area contributed by atoms with Gasteiger partial charge in [-0.2, -0.15) is 0 Å². The summed E-state index contributed by atoms with van der Waals surface area (Å²) in [6.45, 7) is 4.28. The molecule has 22 heavy (non-hydrogen) atoms. The van der Waals surface area contributed by atoms with Crippen molar-refractivity contribution in [3.8, 4) is 0 Å². The lowest BCUT2D eigenvalue weighted by Gasteiger charge is -2.35. The largest absolute Gasteiger partial charge is 0.462 e. The summed E-state index contributed by atoms with van der Waals surface area (Å²) in [5.41, 5.74) is -0.241. The van der Waals surface area contributed by atoms with Gasteiger partial charge in [0.1, 0.15) is 12.2 Å². The molecule has 5 aliphatic rings. The Bertz CT molecular complexity index is 563. The Morgan fingerprint density at radius 3 is 2.91 bits per heavy atom. The molecule has 0 amide bonds. The minimum atomic E-state index is -0.241.